The molecule has 0 spiro atoms. The Balaban J connectivity index is 4.67. The van der Waals surface area contributed by atoms with E-state index in [-0.39, 0.29) is 24.9 Å². The third-order valence-corrected chi connectivity index (χ3v) is 11.0. The van der Waals surface area contributed by atoms with E-state index < -0.39 is 18.2 Å². The summed E-state index contributed by atoms with van der Waals surface area (Å²) in [4.78, 5) is 26.1. The van der Waals surface area contributed by atoms with Crippen LogP contribution in [-0.2, 0) is 14.3 Å². The lowest BCUT2D eigenvalue weighted by Crippen LogP contribution is -2.46. The molecule has 0 rings (SSSR count). The van der Waals surface area contributed by atoms with Gasteiger partial charge >= 0.3 is 5.97 Å². The van der Waals surface area contributed by atoms with Crippen molar-refractivity contribution < 1.29 is 24.5 Å². The first-order valence-electron chi connectivity index (χ1n) is 25.2. The second-order valence-corrected chi connectivity index (χ2v) is 16.9. The number of esters is 1. The number of hydrogen-bond donors (Lipinski definition) is 3. The first-order chi connectivity index (χ1) is 29.5. The number of aliphatic hydroxyl groups is 2. The van der Waals surface area contributed by atoms with Gasteiger partial charge in [-0.2, -0.15) is 0 Å². The van der Waals surface area contributed by atoms with Crippen molar-refractivity contribution in [1.82, 2.24) is 5.32 Å². The molecule has 0 aromatic carbocycles. The van der Waals surface area contributed by atoms with Crippen molar-refractivity contribution in [3.63, 3.8) is 0 Å². The van der Waals surface area contributed by atoms with E-state index in [0.29, 0.717) is 19.3 Å². The minimum atomic E-state index is -0.805. The third-order valence-electron chi connectivity index (χ3n) is 11.0. The van der Waals surface area contributed by atoms with E-state index in [1.165, 1.54) is 89.9 Å². The fourth-order valence-electron chi connectivity index (χ4n) is 7.24. The normalized spacial score (nSPS) is 13.9. The van der Waals surface area contributed by atoms with E-state index in [0.717, 1.165) is 96.3 Å². The molecule has 346 valence electrons. The molecule has 3 atom stereocenters. The van der Waals surface area contributed by atoms with Gasteiger partial charge in [0.15, 0.2) is 0 Å². The number of ether oxygens (including phenoxy) is 1. The number of allylic oxidation sites excluding steroid dienone is 12. The van der Waals surface area contributed by atoms with Crippen molar-refractivity contribution in [2.24, 2.45) is 0 Å². The van der Waals surface area contributed by atoms with Crippen LogP contribution in [0.1, 0.15) is 233 Å². The lowest BCUT2D eigenvalue weighted by Gasteiger charge is -2.24. The van der Waals surface area contributed by atoms with E-state index in [2.05, 4.69) is 99.0 Å². The zero-order valence-electron chi connectivity index (χ0n) is 39.3. The van der Waals surface area contributed by atoms with Gasteiger partial charge in [0, 0.05) is 6.42 Å². The average molecular weight is 838 g/mol. The molecule has 6 nitrogen and oxygen atoms in total. The maximum absolute atomic E-state index is 13.2. The molecular formula is C54H95NO5. The minimum Gasteiger partial charge on any atom is -0.462 e. The summed E-state index contributed by atoms with van der Waals surface area (Å²) in [5.74, 6) is -0.550. The Bertz CT molecular complexity index is 1120. The Morgan fingerprint density at radius 1 is 0.517 bits per heavy atom. The maximum Gasteiger partial charge on any atom is 0.306 e. The molecule has 1 amide bonds. The molecule has 0 heterocycles. The van der Waals surface area contributed by atoms with Crippen LogP contribution in [-0.4, -0.2) is 46.9 Å². The molecule has 0 aliphatic carbocycles. The van der Waals surface area contributed by atoms with Crippen LogP contribution in [0.2, 0.25) is 0 Å². The number of hydrogen-bond acceptors (Lipinski definition) is 5. The molecule has 3 N–H and O–H groups in total. The number of amides is 1. The van der Waals surface area contributed by atoms with Crippen molar-refractivity contribution in [1.29, 1.82) is 0 Å². The van der Waals surface area contributed by atoms with Crippen LogP contribution in [0.25, 0.3) is 0 Å². The fourth-order valence-corrected chi connectivity index (χ4v) is 7.24. The Kier molecular flexibility index (Phi) is 45.2. The van der Waals surface area contributed by atoms with Gasteiger partial charge in [0.05, 0.1) is 25.2 Å². The van der Waals surface area contributed by atoms with Crippen LogP contribution < -0.4 is 5.32 Å². The summed E-state index contributed by atoms with van der Waals surface area (Å²) in [6.45, 7) is 6.32. The topological polar surface area (TPSA) is 95.9 Å². The predicted octanol–water partition coefficient (Wildman–Crippen LogP) is 15.0. The second kappa shape index (κ2) is 47.4. The number of carbonyl (C=O) groups excluding carboxylic acids is 2. The summed E-state index contributed by atoms with van der Waals surface area (Å²) in [7, 11) is 0. The molecule has 60 heavy (non-hydrogen) atoms. The summed E-state index contributed by atoms with van der Waals surface area (Å²) >= 11 is 0. The maximum atomic E-state index is 13.2. The molecule has 0 aliphatic heterocycles. The molecule has 0 aromatic rings. The Labute approximate surface area is 371 Å². The molecule has 0 aromatic heterocycles. The second-order valence-electron chi connectivity index (χ2n) is 16.9. The summed E-state index contributed by atoms with van der Waals surface area (Å²) in [6, 6.07) is -0.723. The molecule has 0 saturated carbocycles. The number of carbonyl (C=O) groups is 2. The third kappa shape index (κ3) is 42.0. The highest BCUT2D eigenvalue weighted by Crippen LogP contribution is 2.16. The van der Waals surface area contributed by atoms with Gasteiger partial charge in [-0.25, -0.2) is 0 Å². The lowest BCUT2D eigenvalue weighted by molar-refractivity contribution is -0.151. The van der Waals surface area contributed by atoms with E-state index in [4.69, 9.17) is 4.74 Å². The number of nitrogens with one attached hydrogen (secondary N) is 1. The van der Waals surface area contributed by atoms with E-state index in [1.54, 1.807) is 0 Å². The Hall–Kier alpha value is -2.70. The molecule has 0 radical (unpaired) electrons. The van der Waals surface area contributed by atoms with Gasteiger partial charge in [0.2, 0.25) is 5.91 Å². The average Bonchev–Trinajstić information content (AvgIpc) is 3.24. The molecule has 0 bridgehead atoms. The van der Waals surface area contributed by atoms with Crippen molar-refractivity contribution in [3.05, 3.63) is 72.9 Å². The Morgan fingerprint density at radius 2 is 0.967 bits per heavy atom. The highest BCUT2D eigenvalue weighted by molar-refractivity contribution is 5.77. The van der Waals surface area contributed by atoms with Crippen molar-refractivity contribution in [2.45, 2.75) is 251 Å². The fraction of sp³-hybridized carbons (Fsp3) is 0.741. The first-order valence-corrected chi connectivity index (χ1v) is 25.2. The molecule has 3 unspecified atom stereocenters. The number of aliphatic hydroxyl groups excluding tert-OH is 2. The van der Waals surface area contributed by atoms with E-state index in [1.807, 2.05) is 0 Å². The number of unbranched alkanes of at least 4 members (excludes halogenated alkanes) is 21. The highest BCUT2D eigenvalue weighted by Gasteiger charge is 2.24. The largest absolute Gasteiger partial charge is 0.462 e. The van der Waals surface area contributed by atoms with Crippen LogP contribution in [0.5, 0.6) is 0 Å². The van der Waals surface area contributed by atoms with Gasteiger partial charge in [-0.3, -0.25) is 9.59 Å². The first kappa shape index (κ1) is 57.3. The smallest absolute Gasteiger partial charge is 0.306 e. The highest BCUT2D eigenvalue weighted by atomic mass is 16.5. The van der Waals surface area contributed by atoms with Gasteiger partial charge in [-0.15, -0.1) is 0 Å². The van der Waals surface area contributed by atoms with Crippen molar-refractivity contribution >= 4 is 11.9 Å². The predicted molar refractivity (Wildman–Crippen MR) is 259 cm³/mol. The zero-order chi connectivity index (χ0) is 43.8. The van der Waals surface area contributed by atoms with Crippen LogP contribution >= 0.6 is 0 Å². The molecule has 0 aliphatic rings. The van der Waals surface area contributed by atoms with Gasteiger partial charge in [0.1, 0.15) is 6.10 Å². The van der Waals surface area contributed by atoms with Gasteiger partial charge < -0.3 is 20.3 Å². The van der Waals surface area contributed by atoms with Gasteiger partial charge in [0.25, 0.3) is 0 Å². The quantitative estimate of drug-likeness (QED) is 0.0246. The lowest BCUT2D eigenvalue weighted by atomic mass is 10.0. The Morgan fingerprint density at radius 3 is 1.48 bits per heavy atom. The molecular weight excluding hydrogens is 743 g/mol. The standard InChI is InChI=1S/C54H95NO5/c1-4-7-10-13-16-19-21-23-25-26-27-28-30-32-35-38-41-44-47-54(59)60-50(45-42-39-36-34-31-29-24-22-20-17-14-11-8-5-2)48-53(58)55-51(49-56)52(57)46-43-40-37-33-18-15-12-9-6-3/h8,11,17,20,24-29,34,36,50-52,56-57H,4-7,9-10,12-16,18-19,21-23,30-33,35,37-49H2,1-3H3,(H,55,58)/b11-8+,20-17+,26-25+,28-27+,29-24+,36-34+. The zero-order valence-corrected chi connectivity index (χ0v) is 39.3. The van der Waals surface area contributed by atoms with Crippen LogP contribution in [0.4, 0.5) is 0 Å². The van der Waals surface area contributed by atoms with Crippen LogP contribution in [0, 0.1) is 0 Å². The van der Waals surface area contributed by atoms with Crippen molar-refractivity contribution in [3.8, 4) is 0 Å². The van der Waals surface area contributed by atoms with Crippen LogP contribution in [0.3, 0.4) is 0 Å². The molecule has 6 heteroatoms. The van der Waals surface area contributed by atoms with E-state index in [9.17, 15) is 19.8 Å². The minimum absolute atomic E-state index is 0.0308. The van der Waals surface area contributed by atoms with E-state index >= 15 is 0 Å². The van der Waals surface area contributed by atoms with Crippen molar-refractivity contribution in [2.75, 3.05) is 6.61 Å². The summed E-state index contributed by atoms with van der Waals surface area (Å²) in [5.41, 5.74) is 0. The van der Waals surface area contributed by atoms with Crippen LogP contribution in [0.15, 0.2) is 72.9 Å². The summed E-state index contributed by atoms with van der Waals surface area (Å²) in [5, 5.41) is 23.6. The molecule has 0 saturated heterocycles. The van der Waals surface area contributed by atoms with Gasteiger partial charge in [-0.1, -0.05) is 209 Å². The summed E-state index contributed by atoms with van der Waals surface area (Å²) < 4.78 is 5.89. The molecule has 0 fully saturated rings. The SMILES string of the molecule is CC/C=C/C/C=C/C/C=C/C/C=C/CCCC(CC(=O)NC(CO)C(O)CCCCCCCCCCC)OC(=O)CCCCCCC/C=C/C=C/CCCCCCCCC. The monoisotopic (exact) mass is 838 g/mol. The summed E-state index contributed by atoms with van der Waals surface area (Å²) in [6.07, 6.45) is 59.7. The number of rotatable bonds is 44. The van der Waals surface area contributed by atoms with Gasteiger partial charge in [-0.05, 0) is 83.5 Å².